The minimum Gasteiger partial charge on any atom is -0.370 e. The highest BCUT2D eigenvalue weighted by molar-refractivity contribution is 5.37. The van der Waals surface area contributed by atoms with E-state index < -0.39 is 0 Å². The van der Waals surface area contributed by atoms with Gasteiger partial charge in [0.2, 0.25) is 0 Å². The molecule has 0 aliphatic carbocycles. The first-order valence-electron chi connectivity index (χ1n) is 5.75. The highest BCUT2D eigenvalue weighted by atomic mass is 15.0. The van der Waals surface area contributed by atoms with Crippen molar-refractivity contribution >= 4 is 5.82 Å². The molecule has 0 spiro atoms. The van der Waals surface area contributed by atoms with Crippen LogP contribution in [0.4, 0.5) is 5.82 Å². The lowest BCUT2D eigenvalue weighted by Gasteiger charge is -2.06. The molecule has 0 atom stereocenters. The van der Waals surface area contributed by atoms with Gasteiger partial charge in [-0.15, -0.1) is 0 Å². The number of hydrogen-bond acceptors (Lipinski definition) is 4. The maximum atomic E-state index is 4.44. The number of nitrogens with zero attached hydrogens (tertiary/aromatic N) is 3. The van der Waals surface area contributed by atoms with Crippen molar-refractivity contribution in [2.75, 3.05) is 11.9 Å². The van der Waals surface area contributed by atoms with Crippen LogP contribution in [0, 0.1) is 6.92 Å². The molecular formula is C13H16N4. The van der Waals surface area contributed by atoms with Gasteiger partial charge >= 0.3 is 0 Å². The second kappa shape index (κ2) is 5.39. The average molecular weight is 228 g/mol. The maximum Gasteiger partial charge on any atom is 0.129 e. The van der Waals surface area contributed by atoms with Crippen LogP contribution in [0.25, 0.3) is 0 Å². The Labute approximate surface area is 101 Å². The lowest BCUT2D eigenvalue weighted by molar-refractivity contribution is 0.960. The number of pyridine rings is 1. The van der Waals surface area contributed by atoms with Crippen molar-refractivity contribution in [2.45, 2.75) is 20.3 Å². The molecule has 0 aromatic carbocycles. The average Bonchev–Trinajstić information content (AvgIpc) is 2.30. The topological polar surface area (TPSA) is 50.7 Å². The van der Waals surface area contributed by atoms with Crippen LogP contribution in [0.1, 0.15) is 24.0 Å². The van der Waals surface area contributed by atoms with Gasteiger partial charge in [0.25, 0.3) is 0 Å². The number of anilines is 1. The summed E-state index contributed by atoms with van der Waals surface area (Å²) in [5.74, 6) is 1.69. The molecule has 0 aliphatic rings. The molecule has 88 valence electrons. The molecule has 0 saturated heterocycles. The SMILES string of the molecule is CCNc1cc(Cc2ccncc2)nc(C)n1. The number of aryl methyl sites for hydroxylation is 1. The first-order chi connectivity index (χ1) is 8.28. The van der Waals surface area contributed by atoms with Crippen LogP contribution in [0.5, 0.6) is 0 Å². The molecule has 2 heterocycles. The van der Waals surface area contributed by atoms with Crippen molar-refractivity contribution < 1.29 is 0 Å². The molecule has 0 aliphatic heterocycles. The van der Waals surface area contributed by atoms with E-state index in [1.807, 2.05) is 25.1 Å². The number of aromatic nitrogens is 3. The van der Waals surface area contributed by atoms with E-state index in [9.17, 15) is 0 Å². The van der Waals surface area contributed by atoms with Crippen molar-refractivity contribution in [3.05, 3.63) is 47.7 Å². The summed E-state index contributed by atoms with van der Waals surface area (Å²) in [6.45, 7) is 4.84. The summed E-state index contributed by atoms with van der Waals surface area (Å²) in [7, 11) is 0. The Hall–Kier alpha value is -1.97. The smallest absolute Gasteiger partial charge is 0.129 e. The minimum atomic E-state index is 0.799. The van der Waals surface area contributed by atoms with E-state index in [0.29, 0.717) is 0 Å². The highest BCUT2D eigenvalue weighted by Crippen LogP contribution is 2.11. The van der Waals surface area contributed by atoms with E-state index in [2.05, 4.69) is 27.2 Å². The minimum absolute atomic E-state index is 0.799. The van der Waals surface area contributed by atoms with Crippen molar-refractivity contribution in [3.63, 3.8) is 0 Å². The van der Waals surface area contributed by atoms with Crippen LogP contribution in [-0.4, -0.2) is 21.5 Å². The van der Waals surface area contributed by atoms with E-state index in [0.717, 1.165) is 30.3 Å². The largest absolute Gasteiger partial charge is 0.370 e. The summed E-state index contributed by atoms with van der Waals surface area (Å²) in [4.78, 5) is 12.8. The molecule has 4 nitrogen and oxygen atoms in total. The van der Waals surface area contributed by atoms with Crippen LogP contribution in [0.3, 0.4) is 0 Å². The van der Waals surface area contributed by atoms with E-state index in [1.54, 1.807) is 12.4 Å². The molecule has 0 saturated carbocycles. The Morgan fingerprint density at radius 3 is 2.65 bits per heavy atom. The summed E-state index contributed by atoms with van der Waals surface area (Å²) in [5.41, 5.74) is 2.24. The van der Waals surface area contributed by atoms with Crippen molar-refractivity contribution in [1.29, 1.82) is 0 Å². The maximum absolute atomic E-state index is 4.44. The Morgan fingerprint density at radius 1 is 1.18 bits per heavy atom. The molecule has 0 unspecified atom stereocenters. The molecule has 2 aromatic heterocycles. The van der Waals surface area contributed by atoms with E-state index >= 15 is 0 Å². The summed E-state index contributed by atoms with van der Waals surface area (Å²) in [6, 6.07) is 6.01. The van der Waals surface area contributed by atoms with Gasteiger partial charge in [-0.2, -0.15) is 0 Å². The van der Waals surface area contributed by atoms with Crippen LogP contribution < -0.4 is 5.32 Å². The predicted molar refractivity (Wildman–Crippen MR) is 68.0 cm³/mol. The highest BCUT2D eigenvalue weighted by Gasteiger charge is 2.02. The molecule has 0 bridgehead atoms. The molecule has 1 N–H and O–H groups in total. The van der Waals surface area contributed by atoms with Gasteiger partial charge in [-0.3, -0.25) is 4.98 Å². The quantitative estimate of drug-likeness (QED) is 0.871. The van der Waals surface area contributed by atoms with Crippen LogP contribution in [0.15, 0.2) is 30.6 Å². The molecule has 4 heteroatoms. The fraction of sp³-hybridized carbons (Fsp3) is 0.308. The standard InChI is InChI=1S/C13H16N4/c1-3-15-13-9-12(16-10(2)17-13)8-11-4-6-14-7-5-11/h4-7,9H,3,8H2,1-2H3,(H,15,16,17). The van der Waals surface area contributed by atoms with Gasteiger partial charge in [0.15, 0.2) is 0 Å². The third-order valence-electron chi connectivity index (χ3n) is 2.38. The summed E-state index contributed by atoms with van der Waals surface area (Å²) in [6.07, 6.45) is 4.41. The fourth-order valence-corrected chi connectivity index (χ4v) is 1.70. The van der Waals surface area contributed by atoms with E-state index in [1.165, 1.54) is 5.56 Å². The Kier molecular flexibility index (Phi) is 3.65. The fourth-order valence-electron chi connectivity index (χ4n) is 1.70. The zero-order valence-electron chi connectivity index (χ0n) is 10.1. The molecule has 0 radical (unpaired) electrons. The molecule has 0 fully saturated rings. The summed E-state index contributed by atoms with van der Waals surface area (Å²) >= 11 is 0. The van der Waals surface area contributed by atoms with Crippen molar-refractivity contribution in [2.24, 2.45) is 0 Å². The number of nitrogens with one attached hydrogen (secondary N) is 1. The van der Waals surface area contributed by atoms with E-state index in [4.69, 9.17) is 0 Å². The molecule has 2 rings (SSSR count). The monoisotopic (exact) mass is 228 g/mol. The molecule has 2 aromatic rings. The molecular weight excluding hydrogens is 212 g/mol. The second-order valence-electron chi connectivity index (χ2n) is 3.85. The summed E-state index contributed by atoms with van der Waals surface area (Å²) in [5, 5.41) is 3.21. The first-order valence-corrected chi connectivity index (χ1v) is 5.75. The lowest BCUT2D eigenvalue weighted by atomic mass is 10.1. The summed E-state index contributed by atoms with van der Waals surface area (Å²) < 4.78 is 0. The van der Waals surface area contributed by atoms with Gasteiger partial charge in [-0.25, -0.2) is 9.97 Å². The first kappa shape index (κ1) is 11.5. The lowest BCUT2D eigenvalue weighted by Crippen LogP contribution is -2.04. The predicted octanol–water partition coefficient (Wildman–Crippen LogP) is 2.20. The van der Waals surface area contributed by atoms with Gasteiger partial charge in [-0.05, 0) is 31.5 Å². The van der Waals surface area contributed by atoms with Gasteiger partial charge in [-0.1, -0.05) is 0 Å². The zero-order chi connectivity index (χ0) is 12.1. The van der Waals surface area contributed by atoms with Crippen LogP contribution in [-0.2, 0) is 6.42 Å². The third kappa shape index (κ3) is 3.24. The number of rotatable bonds is 4. The van der Waals surface area contributed by atoms with Gasteiger partial charge in [0.05, 0.1) is 5.69 Å². The normalized spacial score (nSPS) is 10.2. The van der Waals surface area contributed by atoms with E-state index in [-0.39, 0.29) is 0 Å². The van der Waals surface area contributed by atoms with Gasteiger partial charge in [0, 0.05) is 31.4 Å². The second-order valence-corrected chi connectivity index (χ2v) is 3.85. The zero-order valence-corrected chi connectivity index (χ0v) is 10.1. The Balaban J connectivity index is 2.21. The van der Waals surface area contributed by atoms with Crippen LogP contribution >= 0.6 is 0 Å². The van der Waals surface area contributed by atoms with Gasteiger partial charge in [0.1, 0.15) is 11.6 Å². The number of hydrogen-bond donors (Lipinski definition) is 1. The van der Waals surface area contributed by atoms with Crippen molar-refractivity contribution in [1.82, 2.24) is 15.0 Å². The third-order valence-corrected chi connectivity index (χ3v) is 2.38. The van der Waals surface area contributed by atoms with Gasteiger partial charge < -0.3 is 5.32 Å². The Bertz CT molecular complexity index is 482. The van der Waals surface area contributed by atoms with Crippen molar-refractivity contribution in [3.8, 4) is 0 Å². The van der Waals surface area contributed by atoms with Crippen LogP contribution in [0.2, 0.25) is 0 Å². The Morgan fingerprint density at radius 2 is 1.94 bits per heavy atom. The molecule has 17 heavy (non-hydrogen) atoms. The molecule has 0 amide bonds.